The zero-order valence-corrected chi connectivity index (χ0v) is 19.4. The van der Waals surface area contributed by atoms with Crippen molar-refractivity contribution in [3.05, 3.63) is 51.5 Å². The second-order valence-electron chi connectivity index (χ2n) is 7.08. The molecule has 0 aromatic heterocycles. The molecule has 30 heavy (non-hydrogen) atoms. The average molecular weight is 495 g/mol. The lowest BCUT2D eigenvalue weighted by molar-refractivity contribution is -0.131. The normalized spacial score (nSPS) is 13.9. The minimum Gasteiger partial charge on any atom is -0.496 e. The summed E-state index contributed by atoms with van der Waals surface area (Å²) in [4.78, 5) is 28.8. The third-order valence-corrected chi connectivity index (χ3v) is 5.84. The topological polar surface area (TPSA) is 61.9 Å². The Morgan fingerprint density at radius 1 is 1.13 bits per heavy atom. The number of hydrogen-bond donors (Lipinski definition) is 1. The maximum absolute atomic E-state index is 12.7. The van der Waals surface area contributed by atoms with Crippen LogP contribution in [0.4, 0.5) is 11.4 Å². The van der Waals surface area contributed by atoms with E-state index in [1.807, 2.05) is 30.0 Å². The molecule has 160 valence electrons. The van der Waals surface area contributed by atoms with Crippen molar-refractivity contribution in [1.29, 1.82) is 0 Å². The Bertz CT molecular complexity index is 930. The van der Waals surface area contributed by atoms with Gasteiger partial charge in [0.15, 0.2) is 0 Å². The molecule has 0 bridgehead atoms. The van der Waals surface area contributed by atoms with E-state index in [1.54, 1.807) is 18.2 Å². The van der Waals surface area contributed by atoms with E-state index in [-0.39, 0.29) is 11.8 Å². The highest BCUT2D eigenvalue weighted by Gasteiger charge is 2.22. The van der Waals surface area contributed by atoms with Crippen LogP contribution < -0.4 is 15.0 Å². The molecule has 2 aromatic carbocycles. The summed E-state index contributed by atoms with van der Waals surface area (Å²) < 4.78 is 6.07. The fourth-order valence-corrected chi connectivity index (χ4v) is 4.13. The number of piperazine rings is 1. The van der Waals surface area contributed by atoms with Crippen LogP contribution in [0.25, 0.3) is 0 Å². The molecular formula is C22H25BrClN3O3. The molecule has 1 aliphatic heterocycles. The number of methoxy groups -OCH3 is 1. The first kappa shape index (κ1) is 22.4. The van der Waals surface area contributed by atoms with Gasteiger partial charge in [-0.2, -0.15) is 0 Å². The lowest BCUT2D eigenvalue weighted by Crippen LogP contribution is -2.48. The zero-order valence-electron chi connectivity index (χ0n) is 17.1. The SMILES string of the molecule is CCCC(=O)N1CCN(c2ccc(NC(=O)c3cc(Br)ccc3OC)cc2Cl)CC1. The van der Waals surface area contributed by atoms with E-state index in [4.69, 9.17) is 16.3 Å². The average Bonchev–Trinajstić information content (AvgIpc) is 2.74. The number of anilines is 2. The van der Waals surface area contributed by atoms with Gasteiger partial charge in [-0.25, -0.2) is 0 Å². The molecule has 0 spiro atoms. The van der Waals surface area contributed by atoms with Crippen LogP contribution >= 0.6 is 27.5 Å². The van der Waals surface area contributed by atoms with Gasteiger partial charge in [0.05, 0.1) is 23.4 Å². The van der Waals surface area contributed by atoms with E-state index in [2.05, 4.69) is 26.1 Å². The Balaban J connectivity index is 1.67. The minimum absolute atomic E-state index is 0.212. The number of carbonyl (C=O) groups excluding carboxylic acids is 2. The summed E-state index contributed by atoms with van der Waals surface area (Å²) in [6.07, 6.45) is 1.46. The van der Waals surface area contributed by atoms with Crippen LogP contribution in [0.2, 0.25) is 5.02 Å². The Labute approximate surface area is 190 Å². The molecule has 2 aromatic rings. The zero-order chi connectivity index (χ0) is 21.7. The number of nitrogens with zero attached hydrogens (tertiary/aromatic N) is 2. The van der Waals surface area contributed by atoms with Crippen LogP contribution in [0, 0.1) is 0 Å². The molecule has 3 rings (SSSR count). The standard InChI is InChI=1S/C22H25BrClN3O3/c1-3-4-21(28)27-11-9-26(10-12-27)19-7-6-16(14-18(19)24)25-22(29)17-13-15(23)5-8-20(17)30-2/h5-8,13-14H,3-4,9-12H2,1-2H3,(H,25,29). The third-order valence-electron chi connectivity index (χ3n) is 5.05. The van der Waals surface area contributed by atoms with Crippen LogP contribution in [0.1, 0.15) is 30.1 Å². The van der Waals surface area contributed by atoms with Gasteiger partial charge >= 0.3 is 0 Å². The van der Waals surface area contributed by atoms with Gasteiger partial charge in [-0.3, -0.25) is 9.59 Å². The second kappa shape index (κ2) is 10.2. The molecule has 1 fully saturated rings. The highest BCUT2D eigenvalue weighted by atomic mass is 79.9. The Kier molecular flexibility index (Phi) is 7.61. The number of benzene rings is 2. The largest absolute Gasteiger partial charge is 0.496 e. The van der Waals surface area contributed by atoms with Crippen LogP contribution in [-0.4, -0.2) is 50.0 Å². The van der Waals surface area contributed by atoms with Gasteiger partial charge in [0, 0.05) is 42.8 Å². The molecule has 1 heterocycles. The van der Waals surface area contributed by atoms with Crippen molar-refractivity contribution in [3.63, 3.8) is 0 Å². The summed E-state index contributed by atoms with van der Waals surface area (Å²) in [5, 5.41) is 3.43. The highest BCUT2D eigenvalue weighted by molar-refractivity contribution is 9.10. The Morgan fingerprint density at radius 2 is 1.87 bits per heavy atom. The maximum Gasteiger partial charge on any atom is 0.259 e. The van der Waals surface area contributed by atoms with Gasteiger partial charge in [0.25, 0.3) is 5.91 Å². The van der Waals surface area contributed by atoms with Crippen molar-refractivity contribution >= 4 is 50.7 Å². The summed E-state index contributed by atoms with van der Waals surface area (Å²) in [6.45, 7) is 4.86. The van der Waals surface area contributed by atoms with E-state index in [9.17, 15) is 9.59 Å². The first-order valence-corrected chi connectivity index (χ1v) is 11.1. The fourth-order valence-electron chi connectivity index (χ4n) is 3.47. The van der Waals surface area contributed by atoms with Crippen LogP contribution in [-0.2, 0) is 4.79 Å². The summed E-state index contributed by atoms with van der Waals surface area (Å²) in [5.74, 6) is 0.429. The van der Waals surface area contributed by atoms with E-state index in [1.165, 1.54) is 7.11 Å². The molecule has 0 unspecified atom stereocenters. The summed E-state index contributed by atoms with van der Waals surface area (Å²) in [7, 11) is 1.53. The van der Waals surface area contributed by atoms with E-state index in [0.29, 0.717) is 41.5 Å². The van der Waals surface area contributed by atoms with E-state index < -0.39 is 0 Å². The molecule has 0 saturated carbocycles. The van der Waals surface area contributed by atoms with Gasteiger partial charge in [0.2, 0.25) is 5.91 Å². The number of ether oxygens (including phenoxy) is 1. The van der Waals surface area contributed by atoms with Crippen molar-refractivity contribution in [3.8, 4) is 5.75 Å². The number of halogens is 2. The molecule has 1 N–H and O–H groups in total. The molecule has 8 heteroatoms. The smallest absolute Gasteiger partial charge is 0.259 e. The number of carbonyl (C=O) groups is 2. The van der Waals surface area contributed by atoms with Gasteiger partial charge in [-0.15, -0.1) is 0 Å². The number of rotatable bonds is 6. The first-order valence-electron chi connectivity index (χ1n) is 9.90. The van der Waals surface area contributed by atoms with E-state index in [0.717, 1.165) is 29.7 Å². The first-order chi connectivity index (χ1) is 14.4. The Morgan fingerprint density at radius 3 is 2.50 bits per heavy atom. The lowest BCUT2D eigenvalue weighted by Gasteiger charge is -2.36. The van der Waals surface area contributed by atoms with E-state index >= 15 is 0 Å². The van der Waals surface area contributed by atoms with Gasteiger partial charge in [0.1, 0.15) is 5.75 Å². The minimum atomic E-state index is -0.278. The highest BCUT2D eigenvalue weighted by Crippen LogP contribution is 2.31. The third kappa shape index (κ3) is 5.26. The van der Waals surface area contributed by atoms with Crippen molar-refractivity contribution < 1.29 is 14.3 Å². The van der Waals surface area contributed by atoms with Gasteiger partial charge < -0.3 is 19.9 Å². The van der Waals surface area contributed by atoms with Gasteiger partial charge in [-0.05, 0) is 42.8 Å². The van der Waals surface area contributed by atoms with Crippen LogP contribution in [0.5, 0.6) is 5.75 Å². The lowest BCUT2D eigenvalue weighted by atomic mass is 10.1. The maximum atomic E-state index is 12.7. The van der Waals surface area contributed by atoms with Crippen molar-refractivity contribution in [2.45, 2.75) is 19.8 Å². The molecule has 1 saturated heterocycles. The predicted octanol–water partition coefficient (Wildman–Crippen LogP) is 4.81. The predicted molar refractivity (Wildman–Crippen MR) is 124 cm³/mol. The van der Waals surface area contributed by atoms with Crippen LogP contribution in [0.3, 0.4) is 0 Å². The summed E-state index contributed by atoms with van der Waals surface area (Å²) >= 11 is 9.90. The molecule has 6 nitrogen and oxygen atoms in total. The van der Waals surface area contributed by atoms with Crippen molar-refractivity contribution in [2.75, 3.05) is 43.5 Å². The monoisotopic (exact) mass is 493 g/mol. The fraction of sp³-hybridized carbons (Fsp3) is 0.364. The number of amides is 2. The number of nitrogens with one attached hydrogen (secondary N) is 1. The van der Waals surface area contributed by atoms with Crippen LogP contribution in [0.15, 0.2) is 40.9 Å². The molecule has 1 aliphatic rings. The van der Waals surface area contributed by atoms with Gasteiger partial charge in [-0.1, -0.05) is 34.5 Å². The molecule has 0 aliphatic carbocycles. The molecule has 2 amide bonds. The van der Waals surface area contributed by atoms with Crippen molar-refractivity contribution in [1.82, 2.24) is 4.90 Å². The Hall–Kier alpha value is -2.25. The summed E-state index contributed by atoms with van der Waals surface area (Å²) in [6, 6.07) is 10.7. The molecular weight excluding hydrogens is 470 g/mol. The summed E-state index contributed by atoms with van der Waals surface area (Å²) in [5.41, 5.74) is 1.93. The molecule has 0 atom stereocenters. The van der Waals surface area contributed by atoms with Crippen molar-refractivity contribution in [2.24, 2.45) is 0 Å². The molecule has 0 radical (unpaired) electrons. The quantitative estimate of drug-likeness (QED) is 0.626. The number of hydrogen-bond acceptors (Lipinski definition) is 4. The second-order valence-corrected chi connectivity index (χ2v) is 8.41.